The van der Waals surface area contributed by atoms with Crippen molar-refractivity contribution >= 4 is 29.3 Å². The van der Waals surface area contributed by atoms with Gasteiger partial charge in [0.25, 0.3) is 0 Å². The van der Waals surface area contributed by atoms with Gasteiger partial charge in [0.2, 0.25) is 5.88 Å². The Morgan fingerprint density at radius 3 is 2.86 bits per heavy atom. The van der Waals surface area contributed by atoms with Crippen LogP contribution in [0.5, 0.6) is 5.88 Å². The van der Waals surface area contributed by atoms with Gasteiger partial charge in [-0.25, -0.2) is 9.78 Å². The van der Waals surface area contributed by atoms with Gasteiger partial charge in [-0.15, -0.1) is 0 Å². The summed E-state index contributed by atoms with van der Waals surface area (Å²) in [5.74, 6) is 0.0708. The van der Waals surface area contributed by atoms with Crippen LogP contribution >= 0.6 is 11.9 Å². The van der Waals surface area contributed by atoms with Crippen molar-refractivity contribution in [2.45, 2.75) is 4.90 Å². The van der Waals surface area contributed by atoms with Gasteiger partial charge in [-0.05, 0) is 36.2 Å². The number of aromatic nitrogens is 1. The summed E-state index contributed by atoms with van der Waals surface area (Å²) in [6.45, 7) is 0. The molecular formula is C14H15N3O3S. The van der Waals surface area contributed by atoms with Crippen molar-refractivity contribution in [3.63, 3.8) is 0 Å². The molecule has 3 N–H and O–H groups in total. The number of benzene rings is 1. The van der Waals surface area contributed by atoms with E-state index in [0.29, 0.717) is 22.8 Å². The largest absolute Gasteiger partial charge is 0.480 e. The minimum atomic E-state index is -0.374. The zero-order valence-corrected chi connectivity index (χ0v) is 12.4. The van der Waals surface area contributed by atoms with Crippen molar-refractivity contribution < 1.29 is 14.3 Å². The van der Waals surface area contributed by atoms with Crippen LogP contribution in [0.3, 0.4) is 0 Å². The molecule has 21 heavy (non-hydrogen) atoms. The van der Waals surface area contributed by atoms with Gasteiger partial charge in [0.15, 0.2) is 0 Å². The summed E-state index contributed by atoms with van der Waals surface area (Å²) in [5, 5.41) is 0. The molecule has 2 rings (SSSR count). The molecule has 0 fully saturated rings. The van der Waals surface area contributed by atoms with Crippen molar-refractivity contribution in [1.29, 1.82) is 0 Å². The predicted octanol–water partition coefficient (Wildman–Crippen LogP) is 2.58. The Morgan fingerprint density at radius 1 is 1.33 bits per heavy atom. The van der Waals surface area contributed by atoms with E-state index in [2.05, 4.69) is 9.71 Å². The van der Waals surface area contributed by atoms with Crippen molar-refractivity contribution in [1.82, 2.24) is 4.98 Å². The van der Waals surface area contributed by atoms with Crippen LogP contribution in [0, 0.1) is 0 Å². The normalized spacial score (nSPS) is 10.0. The van der Waals surface area contributed by atoms with Crippen LogP contribution < -0.4 is 15.2 Å². The van der Waals surface area contributed by atoms with E-state index in [1.54, 1.807) is 24.3 Å². The zero-order valence-electron chi connectivity index (χ0n) is 11.6. The lowest BCUT2D eigenvalue weighted by atomic mass is 10.2. The zero-order chi connectivity index (χ0) is 15.2. The quantitative estimate of drug-likeness (QED) is 0.648. The molecule has 2 aromatic rings. The lowest BCUT2D eigenvalue weighted by molar-refractivity contribution is 0.0600. The number of hydrogen-bond donors (Lipinski definition) is 2. The number of nitrogens with two attached hydrogens (primary N) is 1. The number of esters is 1. The molecule has 0 spiro atoms. The maximum absolute atomic E-state index is 11.5. The molecule has 0 bridgehead atoms. The van der Waals surface area contributed by atoms with E-state index >= 15 is 0 Å². The van der Waals surface area contributed by atoms with E-state index in [0.717, 1.165) is 4.90 Å². The number of nitrogens with zero attached hydrogens (tertiary/aromatic N) is 1. The number of methoxy groups -OCH3 is 2. The minimum absolute atomic E-state index is 0.374. The molecule has 0 saturated carbocycles. The highest BCUT2D eigenvalue weighted by atomic mass is 32.2. The second kappa shape index (κ2) is 6.85. The number of carbonyl (C=O) groups is 1. The van der Waals surface area contributed by atoms with Gasteiger partial charge in [0, 0.05) is 4.90 Å². The van der Waals surface area contributed by atoms with E-state index in [4.69, 9.17) is 15.2 Å². The summed E-state index contributed by atoms with van der Waals surface area (Å²) in [4.78, 5) is 16.4. The maximum Gasteiger partial charge on any atom is 0.337 e. The SMILES string of the molecule is COC(=O)c1cccc(SNc2cc(N)cnc2OC)c1. The molecule has 1 aromatic carbocycles. The molecular weight excluding hydrogens is 290 g/mol. The first-order valence-corrected chi connectivity index (χ1v) is 6.86. The van der Waals surface area contributed by atoms with Crippen LogP contribution in [0.2, 0.25) is 0 Å². The molecule has 0 radical (unpaired) electrons. The fourth-order valence-corrected chi connectivity index (χ4v) is 2.33. The highest BCUT2D eigenvalue weighted by Gasteiger charge is 2.08. The van der Waals surface area contributed by atoms with E-state index in [9.17, 15) is 4.79 Å². The molecule has 0 aliphatic carbocycles. The molecule has 0 aliphatic rings. The second-order valence-corrected chi connectivity index (χ2v) is 4.93. The summed E-state index contributed by atoms with van der Waals surface area (Å²) in [6.07, 6.45) is 1.52. The van der Waals surface area contributed by atoms with Crippen LogP contribution in [0.15, 0.2) is 41.4 Å². The van der Waals surface area contributed by atoms with Gasteiger partial charge < -0.3 is 19.9 Å². The Morgan fingerprint density at radius 2 is 2.14 bits per heavy atom. The number of rotatable bonds is 5. The second-order valence-electron chi connectivity index (χ2n) is 4.05. The molecule has 0 unspecified atom stereocenters. The van der Waals surface area contributed by atoms with Gasteiger partial charge in [0.05, 0.1) is 31.7 Å². The van der Waals surface area contributed by atoms with Crippen LogP contribution in [-0.4, -0.2) is 25.2 Å². The van der Waals surface area contributed by atoms with E-state index in [1.807, 2.05) is 6.07 Å². The standard InChI is InChI=1S/C14H15N3O3S/c1-19-13-12(7-10(15)8-16-13)17-21-11-5-3-4-9(6-11)14(18)20-2/h3-8,17H,15H2,1-2H3. The van der Waals surface area contributed by atoms with Gasteiger partial charge in [-0.2, -0.15) is 0 Å². The third-order valence-electron chi connectivity index (χ3n) is 2.60. The Bertz CT molecular complexity index is 649. The number of pyridine rings is 1. The lowest BCUT2D eigenvalue weighted by Gasteiger charge is -2.10. The highest BCUT2D eigenvalue weighted by Crippen LogP contribution is 2.29. The van der Waals surface area contributed by atoms with Gasteiger partial charge in [-0.1, -0.05) is 6.07 Å². The third kappa shape index (κ3) is 3.79. The van der Waals surface area contributed by atoms with Crippen LogP contribution in [0.25, 0.3) is 0 Å². The summed E-state index contributed by atoms with van der Waals surface area (Å²) in [5.41, 5.74) is 7.38. The first kappa shape index (κ1) is 15.0. The van der Waals surface area contributed by atoms with Crippen LogP contribution in [-0.2, 0) is 4.74 Å². The molecule has 1 aromatic heterocycles. The number of nitrogens with one attached hydrogen (secondary N) is 1. The topological polar surface area (TPSA) is 86.5 Å². The molecule has 0 saturated heterocycles. The third-order valence-corrected chi connectivity index (χ3v) is 3.41. The summed E-state index contributed by atoms with van der Waals surface area (Å²) < 4.78 is 12.9. The Hall–Kier alpha value is -2.41. The van der Waals surface area contributed by atoms with Crippen LogP contribution in [0.1, 0.15) is 10.4 Å². The Labute approximate surface area is 126 Å². The number of nitrogen functional groups attached to an aromatic ring is 1. The first-order chi connectivity index (χ1) is 10.1. The first-order valence-electron chi connectivity index (χ1n) is 6.04. The Kier molecular flexibility index (Phi) is 4.89. The Balaban J connectivity index is 2.13. The van der Waals surface area contributed by atoms with Gasteiger partial charge >= 0.3 is 5.97 Å². The molecule has 0 aliphatic heterocycles. The lowest BCUT2D eigenvalue weighted by Crippen LogP contribution is -2.01. The van der Waals surface area contributed by atoms with Gasteiger partial charge in [0.1, 0.15) is 5.69 Å². The highest BCUT2D eigenvalue weighted by molar-refractivity contribution is 8.00. The number of carbonyl (C=O) groups excluding carboxylic acids is 1. The average Bonchev–Trinajstić information content (AvgIpc) is 2.52. The monoisotopic (exact) mass is 305 g/mol. The smallest absolute Gasteiger partial charge is 0.337 e. The number of hydrogen-bond acceptors (Lipinski definition) is 7. The van der Waals surface area contributed by atoms with Crippen LogP contribution in [0.4, 0.5) is 11.4 Å². The summed E-state index contributed by atoms with van der Waals surface area (Å²) in [7, 11) is 2.88. The number of ether oxygens (including phenoxy) is 2. The van der Waals surface area contributed by atoms with Gasteiger partial charge in [-0.3, -0.25) is 0 Å². The fraction of sp³-hybridized carbons (Fsp3) is 0.143. The van der Waals surface area contributed by atoms with E-state index < -0.39 is 0 Å². The molecule has 0 amide bonds. The molecule has 1 heterocycles. The van der Waals surface area contributed by atoms with Crippen molar-refractivity contribution in [3.8, 4) is 5.88 Å². The molecule has 0 atom stereocenters. The van der Waals surface area contributed by atoms with Crippen molar-refractivity contribution in [2.24, 2.45) is 0 Å². The van der Waals surface area contributed by atoms with E-state index in [-0.39, 0.29) is 5.97 Å². The van der Waals surface area contributed by atoms with Crippen molar-refractivity contribution in [3.05, 3.63) is 42.1 Å². The average molecular weight is 305 g/mol. The minimum Gasteiger partial charge on any atom is -0.480 e. The predicted molar refractivity (Wildman–Crippen MR) is 82.5 cm³/mol. The summed E-state index contributed by atoms with van der Waals surface area (Å²) in [6, 6.07) is 8.80. The van der Waals surface area contributed by atoms with E-state index in [1.165, 1.54) is 32.4 Å². The number of anilines is 2. The molecule has 7 heteroatoms. The summed E-state index contributed by atoms with van der Waals surface area (Å²) >= 11 is 1.32. The molecule has 6 nitrogen and oxygen atoms in total. The maximum atomic E-state index is 11.5. The molecule has 110 valence electrons. The fourth-order valence-electron chi connectivity index (χ4n) is 1.62. The van der Waals surface area contributed by atoms with Crippen molar-refractivity contribution in [2.75, 3.05) is 24.7 Å².